The quantitative estimate of drug-likeness (QED) is 0.737. The number of hydrogen-bond acceptors (Lipinski definition) is 5. The van der Waals surface area contributed by atoms with Crippen LogP contribution in [0.5, 0.6) is 5.75 Å². The van der Waals surface area contributed by atoms with E-state index in [0.717, 1.165) is 50.7 Å². The largest absolute Gasteiger partial charge is 0.491 e. The molecule has 1 N–H and O–H groups in total. The van der Waals surface area contributed by atoms with E-state index >= 15 is 0 Å². The van der Waals surface area contributed by atoms with Crippen LogP contribution in [0.4, 0.5) is 0 Å². The zero-order chi connectivity index (χ0) is 20.0. The number of aliphatic hydroxyl groups excluding tert-OH is 1. The number of nitrogens with zero attached hydrogens (tertiary/aromatic N) is 2. The van der Waals surface area contributed by atoms with Crippen molar-refractivity contribution in [2.45, 2.75) is 70.7 Å². The van der Waals surface area contributed by atoms with E-state index in [2.05, 4.69) is 29.0 Å². The van der Waals surface area contributed by atoms with Gasteiger partial charge in [-0.15, -0.1) is 0 Å². The fourth-order valence-corrected chi connectivity index (χ4v) is 4.92. The van der Waals surface area contributed by atoms with E-state index in [-0.39, 0.29) is 18.2 Å². The molecule has 0 aromatic heterocycles. The van der Waals surface area contributed by atoms with E-state index < -0.39 is 0 Å². The second-order valence-corrected chi connectivity index (χ2v) is 8.82. The molecule has 3 rings (SSSR count). The predicted octanol–water partition coefficient (Wildman–Crippen LogP) is 3.43. The van der Waals surface area contributed by atoms with Gasteiger partial charge in [0.15, 0.2) is 0 Å². The minimum absolute atomic E-state index is 0.0112. The molecule has 1 aliphatic carbocycles. The lowest BCUT2D eigenvalue weighted by Crippen LogP contribution is -2.59. The Kier molecular flexibility index (Phi) is 7.75. The molecular formula is C23H38N2O3. The van der Waals surface area contributed by atoms with Gasteiger partial charge in [-0.25, -0.2) is 0 Å². The summed E-state index contributed by atoms with van der Waals surface area (Å²) in [5, 5.41) is 9.75. The molecule has 0 amide bonds. The Morgan fingerprint density at radius 3 is 2.54 bits per heavy atom. The smallest absolute Gasteiger partial charge is 0.125 e. The number of hydrogen-bond donors (Lipinski definition) is 1. The minimum atomic E-state index is 0.0112. The predicted molar refractivity (Wildman–Crippen MR) is 113 cm³/mol. The number of morpholine rings is 1. The molecule has 2 aliphatic rings. The van der Waals surface area contributed by atoms with Crippen molar-refractivity contribution in [2.75, 3.05) is 39.9 Å². The van der Waals surface area contributed by atoms with E-state index in [1.807, 2.05) is 19.9 Å². The molecule has 1 saturated carbocycles. The minimum Gasteiger partial charge on any atom is -0.491 e. The molecule has 1 saturated heterocycles. The average Bonchev–Trinajstić information content (AvgIpc) is 2.70. The maximum absolute atomic E-state index is 9.75. The highest BCUT2D eigenvalue weighted by atomic mass is 16.5. The van der Waals surface area contributed by atoms with Gasteiger partial charge in [-0.3, -0.25) is 4.90 Å². The van der Waals surface area contributed by atoms with Gasteiger partial charge in [0.1, 0.15) is 5.75 Å². The highest BCUT2D eigenvalue weighted by Gasteiger charge is 2.39. The first kappa shape index (κ1) is 21.6. The Labute approximate surface area is 170 Å². The Morgan fingerprint density at radius 1 is 1.18 bits per heavy atom. The van der Waals surface area contributed by atoms with Crippen molar-refractivity contribution in [2.24, 2.45) is 0 Å². The summed E-state index contributed by atoms with van der Waals surface area (Å²) in [6, 6.07) is 6.24. The van der Waals surface area contributed by atoms with Gasteiger partial charge in [-0.2, -0.15) is 0 Å². The number of benzene rings is 1. The topological polar surface area (TPSA) is 45.2 Å². The second-order valence-electron chi connectivity index (χ2n) is 8.82. The SMILES string of the molecule is CC(C)Oc1ccc(CN(C)CC2(N3CCOCC3)CCCCC2)cc1CO. The normalized spacial score (nSPS) is 20.6. The van der Waals surface area contributed by atoms with Crippen LogP contribution in [0.25, 0.3) is 0 Å². The Hall–Kier alpha value is -1.14. The Bertz CT molecular complexity index is 608. The van der Waals surface area contributed by atoms with Crippen LogP contribution in [-0.2, 0) is 17.9 Å². The number of rotatable bonds is 8. The number of ether oxygens (including phenoxy) is 2. The third-order valence-electron chi connectivity index (χ3n) is 6.14. The van der Waals surface area contributed by atoms with Crippen LogP contribution in [-0.4, -0.2) is 66.4 Å². The first-order chi connectivity index (χ1) is 13.5. The Balaban J connectivity index is 1.68. The summed E-state index contributed by atoms with van der Waals surface area (Å²) in [6.07, 6.45) is 6.73. The van der Waals surface area contributed by atoms with E-state index in [0.29, 0.717) is 0 Å². The highest BCUT2D eigenvalue weighted by Crippen LogP contribution is 2.35. The molecule has 5 nitrogen and oxygen atoms in total. The average molecular weight is 391 g/mol. The molecule has 1 heterocycles. The molecule has 0 radical (unpaired) electrons. The lowest BCUT2D eigenvalue weighted by Gasteiger charge is -2.49. The molecule has 1 aromatic carbocycles. The summed E-state index contributed by atoms with van der Waals surface area (Å²) in [7, 11) is 2.23. The van der Waals surface area contributed by atoms with Gasteiger partial charge in [0, 0.05) is 37.3 Å². The van der Waals surface area contributed by atoms with Gasteiger partial charge in [-0.05, 0) is 51.4 Å². The molecule has 1 aliphatic heterocycles. The zero-order valence-electron chi connectivity index (χ0n) is 18.0. The van der Waals surface area contributed by atoms with Crippen LogP contribution in [0, 0.1) is 0 Å². The van der Waals surface area contributed by atoms with Crippen LogP contribution < -0.4 is 4.74 Å². The van der Waals surface area contributed by atoms with E-state index in [1.54, 1.807) is 0 Å². The third-order valence-corrected chi connectivity index (χ3v) is 6.14. The monoisotopic (exact) mass is 390 g/mol. The fraction of sp³-hybridized carbons (Fsp3) is 0.739. The maximum atomic E-state index is 9.75. The Morgan fingerprint density at radius 2 is 1.89 bits per heavy atom. The van der Waals surface area contributed by atoms with Crippen molar-refractivity contribution in [1.29, 1.82) is 0 Å². The first-order valence-corrected chi connectivity index (χ1v) is 10.9. The first-order valence-electron chi connectivity index (χ1n) is 10.9. The molecule has 5 heteroatoms. The lowest BCUT2D eigenvalue weighted by atomic mass is 9.79. The van der Waals surface area contributed by atoms with Crippen molar-refractivity contribution in [3.63, 3.8) is 0 Å². The van der Waals surface area contributed by atoms with Gasteiger partial charge in [0.05, 0.1) is 25.9 Å². The summed E-state index contributed by atoms with van der Waals surface area (Å²) < 4.78 is 11.4. The standard InChI is InChI=1S/C23H38N2O3/c1-19(2)28-22-8-7-20(15-21(22)17-26)16-24(3)18-23(9-5-4-6-10-23)25-11-13-27-14-12-25/h7-8,15,19,26H,4-6,9-14,16-18H2,1-3H3. The van der Waals surface area contributed by atoms with E-state index in [4.69, 9.17) is 9.47 Å². The number of likely N-dealkylation sites (N-methyl/N-ethyl adjacent to an activating group) is 1. The van der Waals surface area contributed by atoms with Crippen molar-refractivity contribution in [3.8, 4) is 5.75 Å². The van der Waals surface area contributed by atoms with Crippen molar-refractivity contribution >= 4 is 0 Å². The lowest BCUT2D eigenvalue weighted by molar-refractivity contribution is -0.0491. The van der Waals surface area contributed by atoms with Crippen LogP contribution in [0.3, 0.4) is 0 Å². The molecule has 0 atom stereocenters. The van der Waals surface area contributed by atoms with Gasteiger partial charge in [0.25, 0.3) is 0 Å². The second kappa shape index (κ2) is 10.1. The van der Waals surface area contributed by atoms with Gasteiger partial charge >= 0.3 is 0 Å². The van der Waals surface area contributed by atoms with Gasteiger partial charge in [0.2, 0.25) is 0 Å². The van der Waals surface area contributed by atoms with Crippen molar-refractivity contribution in [3.05, 3.63) is 29.3 Å². The van der Waals surface area contributed by atoms with E-state index in [9.17, 15) is 5.11 Å². The molecule has 158 valence electrons. The summed E-state index contributed by atoms with van der Waals surface area (Å²) >= 11 is 0. The highest BCUT2D eigenvalue weighted by molar-refractivity contribution is 5.37. The summed E-state index contributed by atoms with van der Waals surface area (Å²) in [4.78, 5) is 5.16. The molecule has 1 aromatic rings. The summed E-state index contributed by atoms with van der Waals surface area (Å²) in [5.74, 6) is 0.793. The van der Waals surface area contributed by atoms with Crippen LogP contribution in [0.1, 0.15) is 57.1 Å². The van der Waals surface area contributed by atoms with Crippen molar-refractivity contribution < 1.29 is 14.6 Å². The van der Waals surface area contributed by atoms with Gasteiger partial charge < -0.3 is 19.5 Å². The molecule has 2 fully saturated rings. The molecule has 28 heavy (non-hydrogen) atoms. The zero-order valence-corrected chi connectivity index (χ0v) is 18.0. The molecular weight excluding hydrogens is 352 g/mol. The fourth-order valence-electron chi connectivity index (χ4n) is 4.92. The summed E-state index contributed by atoms with van der Waals surface area (Å²) in [6.45, 7) is 9.86. The summed E-state index contributed by atoms with van der Waals surface area (Å²) in [5.41, 5.74) is 2.40. The van der Waals surface area contributed by atoms with Crippen LogP contribution in [0.2, 0.25) is 0 Å². The van der Waals surface area contributed by atoms with E-state index in [1.165, 1.54) is 37.7 Å². The molecule has 0 spiro atoms. The van der Waals surface area contributed by atoms with Crippen molar-refractivity contribution in [1.82, 2.24) is 9.80 Å². The van der Waals surface area contributed by atoms with Gasteiger partial charge in [-0.1, -0.05) is 25.3 Å². The van der Waals surface area contributed by atoms with Crippen LogP contribution in [0.15, 0.2) is 18.2 Å². The third kappa shape index (κ3) is 5.47. The molecule has 0 unspecified atom stereocenters. The molecule has 0 bridgehead atoms. The maximum Gasteiger partial charge on any atom is 0.125 e. The van der Waals surface area contributed by atoms with Crippen LogP contribution >= 0.6 is 0 Å². The number of aliphatic hydroxyl groups is 1.